The summed E-state index contributed by atoms with van der Waals surface area (Å²) >= 11 is 0. The third-order valence-electron chi connectivity index (χ3n) is 4.39. The smallest absolute Gasteiger partial charge is 0.180 e. The zero-order valence-corrected chi connectivity index (χ0v) is 13.7. The number of nitrogens with zero attached hydrogens (tertiary/aromatic N) is 3. The number of nitrogens with one attached hydrogen (secondary N) is 2. The van der Waals surface area contributed by atoms with Gasteiger partial charge in [0.2, 0.25) is 0 Å². The first kappa shape index (κ1) is 14.5. The molecule has 0 saturated carbocycles. The Kier molecular flexibility index (Phi) is 3.15. The number of rotatable bonds is 3. The van der Waals surface area contributed by atoms with Gasteiger partial charge in [0, 0.05) is 40.7 Å². The van der Waals surface area contributed by atoms with Gasteiger partial charge in [-0.25, -0.2) is 9.97 Å². The third-order valence-corrected chi connectivity index (χ3v) is 4.39. The molecule has 0 aliphatic carbocycles. The van der Waals surface area contributed by atoms with Crippen LogP contribution in [0.3, 0.4) is 0 Å². The molecule has 0 fully saturated rings. The number of hydrogen-bond donors (Lipinski definition) is 3. The molecule has 0 saturated heterocycles. The molecule has 3 N–H and O–H groups in total. The maximum atomic E-state index is 9.75. The summed E-state index contributed by atoms with van der Waals surface area (Å²) < 4.78 is 1.96. The van der Waals surface area contributed by atoms with Gasteiger partial charge in [0.05, 0.1) is 11.9 Å². The molecular weight excluding hydrogens is 326 g/mol. The fourth-order valence-corrected chi connectivity index (χ4v) is 3.15. The second kappa shape index (κ2) is 5.63. The number of aromatic amines is 1. The number of benzene rings is 2. The van der Waals surface area contributed by atoms with E-state index in [0.717, 1.165) is 33.5 Å². The van der Waals surface area contributed by atoms with E-state index in [0.29, 0.717) is 5.82 Å². The second-order valence-electron chi connectivity index (χ2n) is 6.07. The lowest BCUT2D eigenvalue weighted by molar-refractivity contribution is 0.475. The van der Waals surface area contributed by atoms with Gasteiger partial charge in [-0.2, -0.15) is 0 Å². The van der Waals surface area contributed by atoms with Gasteiger partial charge < -0.3 is 15.4 Å². The van der Waals surface area contributed by atoms with Crippen LogP contribution in [0.4, 0.5) is 11.5 Å². The maximum Gasteiger partial charge on any atom is 0.180 e. The maximum absolute atomic E-state index is 9.75. The number of aromatic nitrogens is 4. The number of hydrogen-bond acceptors (Lipinski definition) is 4. The largest absolute Gasteiger partial charge is 0.508 e. The van der Waals surface area contributed by atoms with Gasteiger partial charge in [-0.1, -0.05) is 12.1 Å². The van der Waals surface area contributed by atoms with E-state index in [-0.39, 0.29) is 5.75 Å². The molecule has 2 aromatic carbocycles. The molecule has 5 aromatic rings. The van der Waals surface area contributed by atoms with Crippen LogP contribution < -0.4 is 5.32 Å². The first-order chi connectivity index (χ1) is 12.8. The van der Waals surface area contributed by atoms with E-state index in [9.17, 15) is 5.11 Å². The van der Waals surface area contributed by atoms with Gasteiger partial charge >= 0.3 is 0 Å². The number of imidazole rings is 1. The predicted molar refractivity (Wildman–Crippen MR) is 102 cm³/mol. The number of phenolic OH excluding ortho intramolecular Hbond substituents is 1. The fourth-order valence-electron chi connectivity index (χ4n) is 3.15. The Hall–Kier alpha value is -3.80. The topological polar surface area (TPSA) is 78.2 Å². The van der Waals surface area contributed by atoms with Crippen LogP contribution in [0.1, 0.15) is 0 Å². The average molecular weight is 341 g/mol. The standard InChI is InChI=1S/C20H15N5O/c26-16-3-1-2-14(11-16)18-12-23-20-19(22-8-9-25(18)20)24-15-4-5-17-13(10-15)6-7-21-17/h1-12,21,26H,(H,22,24). The Morgan fingerprint density at radius 2 is 2.00 bits per heavy atom. The Morgan fingerprint density at radius 3 is 2.92 bits per heavy atom. The minimum Gasteiger partial charge on any atom is -0.508 e. The summed E-state index contributed by atoms with van der Waals surface area (Å²) in [5.74, 6) is 0.901. The summed E-state index contributed by atoms with van der Waals surface area (Å²) in [5.41, 5.74) is 4.54. The molecule has 5 rings (SSSR count). The number of aromatic hydroxyl groups is 1. The molecule has 6 nitrogen and oxygen atoms in total. The zero-order chi connectivity index (χ0) is 17.5. The van der Waals surface area contributed by atoms with Crippen molar-refractivity contribution in [2.75, 3.05) is 5.32 Å². The molecule has 0 amide bonds. The van der Waals surface area contributed by atoms with Crippen LogP contribution in [0.15, 0.2) is 73.3 Å². The van der Waals surface area contributed by atoms with Gasteiger partial charge in [-0.15, -0.1) is 0 Å². The minimum absolute atomic E-state index is 0.227. The van der Waals surface area contributed by atoms with E-state index in [1.807, 2.05) is 47.1 Å². The van der Waals surface area contributed by atoms with Gasteiger partial charge in [0.15, 0.2) is 11.5 Å². The predicted octanol–water partition coefficient (Wildman–Crippen LogP) is 4.33. The molecule has 3 aromatic heterocycles. The van der Waals surface area contributed by atoms with Gasteiger partial charge in [0.25, 0.3) is 0 Å². The first-order valence-electron chi connectivity index (χ1n) is 8.23. The lowest BCUT2D eigenvalue weighted by atomic mass is 10.1. The number of fused-ring (bicyclic) bond motifs is 2. The summed E-state index contributed by atoms with van der Waals surface area (Å²) in [5, 5.41) is 14.2. The summed E-state index contributed by atoms with van der Waals surface area (Å²) in [4.78, 5) is 12.2. The molecule has 26 heavy (non-hydrogen) atoms. The summed E-state index contributed by atoms with van der Waals surface area (Å²) in [6.45, 7) is 0. The van der Waals surface area contributed by atoms with Crippen molar-refractivity contribution in [1.82, 2.24) is 19.4 Å². The Morgan fingerprint density at radius 1 is 1.04 bits per heavy atom. The van der Waals surface area contributed by atoms with Gasteiger partial charge in [-0.3, -0.25) is 4.40 Å². The Bertz CT molecular complexity index is 1240. The van der Waals surface area contributed by atoms with Crippen molar-refractivity contribution >= 4 is 28.1 Å². The average Bonchev–Trinajstić information content (AvgIpc) is 3.28. The number of anilines is 2. The first-order valence-corrected chi connectivity index (χ1v) is 8.23. The summed E-state index contributed by atoms with van der Waals surface area (Å²) in [6, 6.07) is 15.3. The monoisotopic (exact) mass is 341 g/mol. The van der Waals surface area contributed by atoms with Crippen molar-refractivity contribution in [3.8, 4) is 17.0 Å². The van der Waals surface area contributed by atoms with Crippen LogP contribution in [0, 0.1) is 0 Å². The van der Waals surface area contributed by atoms with E-state index < -0.39 is 0 Å². The molecule has 6 heteroatoms. The van der Waals surface area contributed by atoms with E-state index in [1.165, 1.54) is 0 Å². The van der Waals surface area contributed by atoms with Crippen molar-refractivity contribution in [2.45, 2.75) is 0 Å². The van der Waals surface area contributed by atoms with Crippen LogP contribution in [-0.4, -0.2) is 24.5 Å². The molecule has 0 atom stereocenters. The van der Waals surface area contributed by atoms with Gasteiger partial charge in [0.1, 0.15) is 5.75 Å². The molecule has 0 spiro atoms. The SMILES string of the molecule is Oc1cccc(-c2cnc3c(Nc4ccc5[nH]ccc5c4)nccn23)c1. The minimum atomic E-state index is 0.227. The highest BCUT2D eigenvalue weighted by Gasteiger charge is 2.11. The van der Waals surface area contributed by atoms with E-state index in [2.05, 4.69) is 26.3 Å². The van der Waals surface area contributed by atoms with Crippen molar-refractivity contribution in [3.05, 3.63) is 73.3 Å². The highest BCUT2D eigenvalue weighted by molar-refractivity contribution is 5.85. The molecule has 3 heterocycles. The lowest BCUT2D eigenvalue weighted by Gasteiger charge is -2.08. The molecule has 0 bridgehead atoms. The highest BCUT2D eigenvalue weighted by Crippen LogP contribution is 2.27. The molecule has 126 valence electrons. The second-order valence-corrected chi connectivity index (χ2v) is 6.07. The van der Waals surface area contributed by atoms with Crippen molar-refractivity contribution in [1.29, 1.82) is 0 Å². The van der Waals surface area contributed by atoms with Crippen molar-refractivity contribution in [3.63, 3.8) is 0 Å². The van der Waals surface area contributed by atoms with Crippen LogP contribution >= 0.6 is 0 Å². The number of phenols is 1. The van der Waals surface area contributed by atoms with Crippen molar-refractivity contribution in [2.24, 2.45) is 0 Å². The van der Waals surface area contributed by atoms with Crippen LogP contribution in [-0.2, 0) is 0 Å². The van der Waals surface area contributed by atoms with Crippen LogP contribution in [0.5, 0.6) is 5.75 Å². The molecule has 0 aliphatic rings. The van der Waals surface area contributed by atoms with Crippen molar-refractivity contribution < 1.29 is 5.11 Å². The van der Waals surface area contributed by atoms with E-state index >= 15 is 0 Å². The Balaban J connectivity index is 1.58. The quantitative estimate of drug-likeness (QED) is 0.456. The summed E-state index contributed by atoms with van der Waals surface area (Å²) in [6.07, 6.45) is 7.30. The normalized spacial score (nSPS) is 11.2. The molecule has 0 unspecified atom stereocenters. The summed E-state index contributed by atoms with van der Waals surface area (Å²) in [7, 11) is 0. The zero-order valence-electron chi connectivity index (χ0n) is 13.7. The Labute approximate surface area is 148 Å². The highest BCUT2D eigenvalue weighted by atomic mass is 16.3. The molecule has 0 radical (unpaired) electrons. The third kappa shape index (κ3) is 2.36. The molecular formula is C20H15N5O. The lowest BCUT2D eigenvalue weighted by Crippen LogP contribution is -1.98. The van der Waals surface area contributed by atoms with Crippen LogP contribution in [0.2, 0.25) is 0 Å². The van der Waals surface area contributed by atoms with E-state index in [4.69, 9.17) is 0 Å². The van der Waals surface area contributed by atoms with Crippen LogP contribution in [0.25, 0.3) is 27.8 Å². The number of H-pyrrole nitrogens is 1. The molecule has 0 aliphatic heterocycles. The van der Waals surface area contributed by atoms with Gasteiger partial charge in [-0.05, 0) is 36.4 Å². The fraction of sp³-hybridized carbons (Fsp3) is 0. The van der Waals surface area contributed by atoms with E-state index in [1.54, 1.807) is 24.5 Å².